The van der Waals surface area contributed by atoms with Crippen molar-refractivity contribution in [2.75, 3.05) is 13.1 Å². The van der Waals surface area contributed by atoms with E-state index >= 15 is 0 Å². The average Bonchev–Trinajstić information content (AvgIpc) is 3.03. The van der Waals surface area contributed by atoms with Crippen molar-refractivity contribution in [2.45, 2.75) is 45.5 Å². The Balaban J connectivity index is 2.00. The van der Waals surface area contributed by atoms with Crippen molar-refractivity contribution in [3.05, 3.63) is 36.2 Å². The summed E-state index contributed by atoms with van der Waals surface area (Å²) in [7, 11) is 0. The van der Waals surface area contributed by atoms with Crippen LogP contribution in [-0.4, -0.2) is 50.9 Å². The Morgan fingerprint density at radius 2 is 2.11 bits per heavy atom. The topological polar surface area (TPSA) is 70.4 Å². The van der Waals surface area contributed by atoms with Crippen LogP contribution in [0.5, 0.6) is 0 Å². The van der Waals surface area contributed by atoms with Gasteiger partial charge in [0, 0.05) is 31.6 Å². The number of nitrogens with one attached hydrogen (secondary N) is 1. The van der Waals surface area contributed by atoms with Gasteiger partial charge in [-0.25, -0.2) is 10.5 Å². The normalized spacial score (nSPS) is 12.6. The van der Waals surface area contributed by atoms with Gasteiger partial charge in [-0.2, -0.15) is 13.2 Å². The summed E-state index contributed by atoms with van der Waals surface area (Å²) in [6.45, 7) is 5.58. The first kappa shape index (κ1) is 21.9. The minimum atomic E-state index is -4.12. The zero-order valence-electron chi connectivity index (χ0n) is 15.9. The second kappa shape index (κ2) is 9.70. The molecule has 0 spiro atoms. The number of nitrogens with zero attached hydrogens (tertiary/aromatic N) is 3. The summed E-state index contributed by atoms with van der Waals surface area (Å²) in [6, 6.07) is 5.67. The zero-order valence-corrected chi connectivity index (χ0v) is 15.9. The summed E-state index contributed by atoms with van der Waals surface area (Å²) in [5.74, 6) is -0.620. The summed E-state index contributed by atoms with van der Waals surface area (Å²) >= 11 is 0. The lowest BCUT2D eigenvalue weighted by atomic mass is 10.2. The summed E-state index contributed by atoms with van der Waals surface area (Å²) in [5, 5.41) is 8.50. The van der Waals surface area contributed by atoms with E-state index in [1.165, 1.54) is 11.6 Å². The number of carbonyl (C=O) groups excluding carboxylic acids is 1. The van der Waals surface area contributed by atoms with Crippen LogP contribution in [0, 0.1) is 0 Å². The van der Waals surface area contributed by atoms with Crippen molar-refractivity contribution >= 4 is 23.0 Å². The molecule has 2 rings (SSSR count). The van der Waals surface area contributed by atoms with E-state index in [1.807, 2.05) is 41.5 Å². The van der Waals surface area contributed by atoms with E-state index in [0.29, 0.717) is 19.6 Å². The number of rotatable bonds is 9. The van der Waals surface area contributed by atoms with Gasteiger partial charge < -0.3 is 4.57 Å². The van der Waals surface area contributed by atoms with Gasteiger partial charge >= 0.3 is 6.18 Å². The fourth-order valence-corrected chi connectivity index (χ4v) is 2.92. The van der Waals surface area contributed by atoms with Crippen LogP contribution in [0.3, 0.4) is 0 Å². The molecule has 0 aliphatic rings. The largest absolute Gasteiger partial charge is 0.389 e. The summed E-state index contributed by atoms with van der Waals surface area (Å²) < 4.78 is 39.1. The number of amides is 1. The molecule has 9 heteroatoms. The molecule has 0 aliphatic heterocycles. The van der Waals surface area contributed by atoms with Crippen molar-refractivity contribution < 1.29 is 23.2 Å². The molecule has 0 aliphatic carbocycles. The Labute approximate surface area is 161 Å². The molecule has 1 aromatic carbocycles. The van der Waals surface area contributed by atoms with Gasteiger partial charge in [-0.1, -0.05) is 6.07 Å². The smallest absolute Gasteiger partial charge is 0.329 e. The first-order valence-corrected chi connectivity index (χ1v) is 9.07. The van der Waals surface area contributed by atoms with Gasteiger partial charge in [0.1, 0.15) is 0 Å². The SMILES string of the molecule is CC(C)N(CCCC(F)(F)F)CCn1cnc2cc(C=CC(=O)NO)ccc21. The molecule has 0 atom stereocenters. The molecule has 2 aromatic rings. The van der Waals surface area contributed by atoms with Crippen molar-refractivity contribution in [2.24, 2.45) is 0 Å². The molecular weight excluding hydrogens is 373 g/mol. The van der Waals surface area contributed by atoms with E-state index in [9.17, 15) is 18.0 Å². The summed E-state index contributed by atoms with van der Waals surface area (Å²) in [6.07, 6.45) is -0.330. The van der Waals surface area contributed by atoms with Crippen molar-refractivity contribution in [3.63, 3.8) is 0 Å². The van der Waals surface area contributed by atoms with Crippen molar-refractivity contribution in [1.82, 2.24) is 19.9 Å². The lowest BCUT2D eigenvalue weighted by molar-refractivity contribution is -0.136. The number of hydroxylamine groups is 1. The van der Waals surface area contributed by atoms with Crippen LogP contribution in [0.2, 0.25) is 0 Å². The van der Waals surface area contributed by atoms with Gasteiger partial charge in [0.05, 0.1) is 17.4 Å². The van der Waals surface area contributed by atoms with Crippen molar-refractivity contribution in [1.29, 1.82) is 0 Å². The molecule has 0 unspecified atom stereocenters. The van der Waals surface area contributed by atoms with Crippen LogP contribution < -0.4 is 5.48 Å². The molecule has 0 fully saturated rings. The maximum atomic E-state index is 12.4. The number of imidazole rings is 1. The Morgan fingerprint density at radius 3 is 2.75 bits per heavy atom. The molecule has 1 aromatic heterocycles. The lowest BCUT2D eigenvalue weighted by Gasteiger charge is -2.26. The maximum absolute atomic E-state index is 12.4. The highest BCUT2D eigenvalue weighted by Gasteiger charge is 2.26. The van der Waals surface area contributed by atoms with E-state index in [1.54, 1.807) is 12.4 Å². The van der Waals surface area contributed by atoms with E-state index < -0.39 is 18.5 Å². The summed E-state index contributed by atoms with van der Waals surface area (Å²) in [4.78, 5) is 17.4. The van der Waals surface area contributed by atoms with E-state index in [0.717, 1.165) is 16.6 Å². The van der Waals surface area contributed by atoms with Crippen LogP contribution >= 0.6 is 0 Å². The number of benzene rings is 1. The fraction of sp³-hybridized carbons (Fsp3) is 0.474. The Bertz CT molecular complexity index is 815. The number of halogens is 3. The third-order valence-corrected chi connectivity index (χ3v) is 4.45. The van der Waals surface area contributed by atoms with Crippen LogP contribution in [0.15, 0.2) is 30.6 Å². The number of carbonyl (C=O) groups is 1. The number of fused-ring (bicyclic) bond motifs is 1. The van der Waals surface area contributed by atoms with Gasteiger partial charge in [0.2, 0.25) is 0 Å². The van der Waals surface area contributed by atoms with Crippen LogP contribution in [0.1, 0.15) is 32.3 Å². The molecule has 28 heavy (non-hydrogen) atoms. The average molecular weight is 398 g/mol. The zero-order chi connectivity index (χ0) is 20.7. The van der Waals surface area contributed by atoms with Crippen molar-refractivity contribution in [3.8, 4) is 0 Å². The molecule has 154 valence electrons. The first-order chi connectivity index (χ1) is 13.2. The van der Waals surface area contributed by atoms with Crippen LogP contribution in [0.25, 0.3) is 17.1 Å². The highest BCUT2D eigenvalue weighted by molar-refractivity contribution is 5.91. The third-order valence-electron chi connectivity index (χ3n) is 4.45. The first-order valence-electron chi connectivity index (χ1n) is 9.07. The second-order valence-electron chi connectivity index (χ2n) is 6.84. The fourth-order valence-electron chi connectivity index (χ4n) is 2.92. The monoisotopic (exact) mass is 398 g/mol. The standard InChI is InChI=1S/C19H25F3N4O2/c1-14(2)25(9-3-8-19(20,21)22)10-11-26-13-23-16-12-15(4-6-17(16)26)5-7-18(27)24-28/h4-7,12-14,28H,3,8-11H2,1-2H3,(H,24,27). The third kappa shape index (κ3) is 6.65. The number of hydrogen-bond donors (Lipinski definition) is 2. The molecule has 2 N–H and O–H groups in total. The molecule has 0 radical (unpaired) electrons. The quantitative estimate of drug-likeness (QED) is 0.385. The predicted molar refractivity (Wildman–Crippen MR) is 101 cm³/mol. The highest BCUT2D eigenvalue weighted by atomic mass is 19.4. The number of aromatic nitrogens is 2. The predicted octanol–water partition coefficient (Wildman–Crippen LogP) is 3.61. The van der Waals surface area contributed by atoms with Gasteiger partial charge in [-0.15, -0.1) is 0 Å². The molecule has 0 saturated heterocycles. The molecule has 0 saturated carbocycles. The van der Waals surface area contributed by atoms with E-state index in [-0.39, 0.29) is 12.5 Å². The number of alkyl halides is 3. The Morgan fingerprint density at radius 1 is 1.36 bits per heavy atom. The Hall–Kier alpha value is -2.39. The minimum absolute atomic E-state index is 0.0868. The van der Waals surface area contributed by atoms with Crippen LogP contribution in [0.4, 0.5) is 13.2 Å². The molecular formula is C19H25F3N4O2. The second-order valence-corrected chi connectivity index (χ2v) is 6.84. The van der Waals surface area contributed by atoms with E-state index in [2.05, 4.69) is 4.98 Å². The molecule has 1 amide bonds. The van der Waals surface area contributed by atoms with Gasteiger partial charge in [0.15, 0.2) is 0 Å². The molecule has 0 bridgehead atoms. The Kier molecular flexibility index (Phi) is 7.59. The van der Waals surface area contributed by atoms with E-state index in [4.69, 9.17) is 5.21 Å². The highest BCUT2D eigenvalue weighted by Crippen LogP contribution is 2.22. The van der Waals surface area contributed by atoms with Gasteiger partial charge in [-0.3, -0.25) is 14.9 Å². The minimum Gasteiger partial charge on any atom is -0.329 e. The lowest BCUT2D eigenvalue weighted by Crippen LogP contribution is -2.35. The van der Waals surface area contributed by atoms with Gasteiger partial charge in [0.25, 0.3) is 5.91 Å². The summed E-state index contributed by atoms with van der Waals surface area (Å²) in [5.41, 5.74) is 3.94. The number of hydrogen-bond acceptors (Lipinski definition) is 4. The molecule has 6 nitrogen and oxygen atoms in total. The van der Waals surface area contributed by atoms with Gasteiger partial charge in [-0.05, 0) is 50.6 Å². The van der Waals surface area contributed by atoms with Crippen LogP contribution in [-0.2, 0) is 11.3 Å². The maximum Gasteiger partial charge on any atom is 0.389 e. The molecule has 1 heterocycles.